The van der Waals surface area contributed by atoms with Gasteiger partial charge in [-0.2, -0.15) is 0 Å². The van der Waals surface area contributed by atoms with Crippen LogP contribution >= 0.6 is 0 Å². The second kappa shape index (κ2) is 10.2. The molecule has 0 aliphatic heterocycles. The standard InChI is InChI=1S/C20H25N3O4/c1-23(2)20(25)15-7-9-16(10-8-15)21-14-19(24)22-17-5-4-6-18(13-17)27-12-11-26-3/h4-10,13,21H,11-12,14H2,1-3H3,(H,22,24). The average Bonchev–Trinajstić information content (AvgIpc) is 2.66. The summed E-state index contributed by atoms with van der Waals surface area (Å²) in [5, 5.41) is 5.85. The van der Waals surface area contributed by atoms with Gasteiger partial charge in [0.05, 0.1) is 13.2 Å². The summed E-state index contributed by atoms with van der Waals surface area (Å²) in [6.07, 6.45) is 0. The Kier molecular flexibility index (Phi) is 7.63. The Morgan fingerprint density at radius 1 is 1.00 bits per heavy atom. The Bertz CT molecular complexity index is 760. The van der Waals surface area contributed by atoms with Crippen molar-refractivity contribution in [2.75, 3.05) is 51.6 Å². The number of benzene rings is 2. The van der Waals surface area contributed by atoms with E-state index in [0.717, 1.165) is 5.69 Å². The number of rotatable bonds is 9. The minimum atomic E-state index is -0.183. The van der Waals surface area contributed by atoms with E-state index in [2.05, 4.69) is 10.6 Å². The van der Waals surface area contributed by atoms with Crippen LogP contribution in [0, 0.1) is 0 Å². The summed E-state index contributed by atoms with van der Waals surface area (Å²) in [4.78, 5) is 25.5. The highest BCUT2D eigenvalue weighted by atomic mass is 16.5. The van der Waals surface area contributed by atoms with Gasteiger partial charge >= 0.3 is 0 Å². The molecular weight excluding hydrogens is 346 g/mol. The van der Waals surface area contributed by atoms with Crippen molar-refractivity contribution in [1.29, 1.82) is 0 Å². The monoisotopic (exact) mass is 371 g/mol. The Balaban J connectivity index is 1.84. The zero-order valence-corrected chi connectivity index (χ0v) is 15.8. The molecule has 2 aromatic carbocycles. The van der Waals surface area contributed by atoms with Crippen LogP contribution in [0.5, 0.6) is 5.75 Å². The molecule has 0 aromatic heterocycles. The van der Waals surface area contributed by atoms with E-state index in [1.165, 1.54) is 4.90 Å². The first-order valence-electron chi connectivity index (χ1n) is 8.57. The molecule has 2 aromatic rings. The number of nitrogens with one attached hydrogen (secondary N) is 2. The Hall–Kier alpha value is -3.06. The Morgan fingerprint density at radius 3 is 2.41 bits per heavy atom. The zero-order chi connectivity index (χ0) is 19.6. The quantitative estimate of drug-likeness (QED) is 0.662. The molecule has 0 bridgehead atoms. The average molecular weight is 371 g/mol. The van der Waals surface area contributed by atoms with Gasteiger partial charge in [0, 0.05) is 44.2 Å². The highest BCUT2D eigenvalue weighted by molar-refractivity contribution is 5.95. The number of methoxy groups -OCH3 is 1. The molecule has 2 rings (SSSR count). The summed E-state index contributed by atoms with van der Waals surface area (Å²) in [6, 6.07) is 14.2. The molecule has 0 atom stereocenters. The zero-order valence-electron chi connectivity index (χ0n) is 15.8. The van der Waals surface area contributed by atoms with Crippen LogP contribution in [0.4, 0.5) is 11.4 Å². The van der Waals surface area contributed by atoms with Gasteiger partial charge in [-0.1, -0.05) is 6.07 Å². The topological polar surface area (TPSA) is 79.9 Å². The van der Waals surface area contributed by atoms with Crippen LogP contribution in [-0.2, 0) is 9.53 Å². The van der Waals surface area contributed by atoms with Crippen molar-refractivity contribution in [3.63, 3.8) is 0 Å². The molecule has 0 saturated heterocycles. The van der Waals surface area contributed by atoms with Crippen LogP contribution < -0.4 is 15.4 Å². The lowest BCUT2D eigenvalue weighted by Gasteiger charge is -2.12. The van der Waals surface area contributed by atoms with Crippen LogP contribution in [0.2, 0.25) is 0 Å². The first-order valence-corrected chi connectivity index (χ1v) is 8.57. The maximum atomic E-state index is 12.1. The molecule has 7 heteroatoms. The second-order valence-corrected chi connectivity index (χ2v) is 6.05. The van der Waals surface area contributed by atoms with Gasteiger partial charge in [-0.25, -0.2) is 0 Å². The number of nitrogens with zero attached hydrogens (tertiary/aromatic N) is 1. The Labute approximate surface area is 159 Å². The van der Waals surface area contributed by atoms with Crippen molar-refractivity contribution < 1.29 is 19.1 Å². The van der Waals surface area contributed by atoms with E-state index in [0.29, 0.717) is 30.2 Å². The fourth-order valence-corrected chi connectivity index (χ4v) is 2.28. The molecule has 0 aliphatic rings. The minimum Gasteiger partial charge on any atom is -0.491 e. The number of anilines is 2. The number of hydrogen-bond acceptors (Lipinski definition) is 5. The number of hydrogen-bond donors (Lipinski definition) is 2. The molecule has 2 N–H and O–H groups in total. The summed E-state index contributed by atoms with van der Waals surface area (Å²) >= 11 is 0. The molecular formula is C20H25N3O4. The number of carbonyl (C=O) groups excluding carboxylic acids is 2. The normalized spacial score (nSPS) is 10.2. The summed E-state index contributed by atoms with van der Waals surface area (Å²) < 4.78 is 10.5. The van der Waals surface area contributed by atoms with Gasteiger partial charge in [0.2, 0.25) is 5.91 Å². The Morgan fingerprint density at radius 2 is 1.74 bits per heavy atom. The summed E-state index contributed by atoms with van der Waals surface area (Å²) in [5.41, 5.74) is 2.01. The molecule has 0 fully saturated rings. The molecule has 0 heterocycles. The molecule has 0 unspecified atom stereocenters. The van der Waals surface area contributed by atoms with Gasteiger partial charge in [-0.15, -0.1) is 0 Å². The molecule has 7 nitrogen and oxygen atoms in total. The SMILES string of the molecule is COCCOc1cccc(NC(=O)CNc2ccc(C(=O)N(C)C)cc2)c1. The molecule has 0 aliphatic carbocycles. The molecule has 0 spiro atoms. The molecule has 0 saturated carbocycles. The predicted molar refractivity (Wildman–Crippen MR) is 105 cm³/mol. The van der Waals surface area contributed by atoms with Crippen molar-refractivity contribution in [2.45, 2.75) is 0 Å². The fraction of sp³-hybridized carbons (Fsp3) is 0.300. The smallest absolute Gasteiger partial charge is 0.253 e. The van der Waals surface area contributed by atoms with Crippen molar-refractivity contribution in [2.24, 2.45) is 0 Å². The van der Waals surface area contributed by atoms with E-state index < -0.39 is 0 Å². The first-order chi connectivity index (χ1) is 13.0. The molecule has 27 heavy (non-hydrogen) atoms. The van der Waals surface area contributed by atoms with E-state index in [-0.39, 0.29) is 18.4 Å². The van der Waals surface area contributed by atoms with Gasteiger partial charge in [0.1, 0.15) is 12.4 Å². The van der Waals surface area contributed by atoms with E-state index in [9.17, 15) is 9.59 Å². The van der Waals surface area contributed by atoms with Gasteiger partial charge < -0.3 is 25.0 Å². The lowest BCUT2D eigenvalue weighted by Crippen LogP contribution is -2.22. The van der Waals surface area contributed by atoms with Crippen molar-refractivity contribution in [3.8, 4) is 5.75 Å². The van der Waals surface area contributed by atoms with E-state index in [1.807, 2.05) is 12.1 Å². The van der Waals surface area contributed by atoms with Gasteiger partial charge in [0.15, 0.2) is 0 Å². The summed E-state index contributed by atoms with van der Waals surface area (Å²) in [6.45, 7) is 1.05. The third kappa shape index (κ3) is 6.63. The highest BCUT2D eigenvalue weighted by Gasteiger charge is 2.08. The summed E-state index contributed by atoms with van der Waals surface area (Å²) in [7, 11) is 5.02. The van der Waals surface area contributed by atoms with Crippen molar-refractivity contribution in [1.82, 2.24) is 4.90 Å². The maximum Gasteiger partial charge on any atom is 0.253 e. The van der Waals surface area contributed by atoms with E-state index in [4.69, 9.17) is 9.47 Å². The van der Waals surface area contributed by atoms with E-state index in [1.54, 1.807) is 57.6 Å². The van der Waals surface area contributed by atoms with Gasteiger partial charge in [-0.3, -0.25) is 9.59 Å². The maximum absolute atomic E-state index is 12.1. The van der Waals surface area contributed by atoms with Gasteiger partial charge in [0.25, 0.3) is 5.91 Å². The van der Waals surface area contributed by atoms with Crippen molar-refractivity contribution >= 4 is 23.2 Å². The minimum absolute atomic E-state index is 0.0631. The number of carbonyl (C=O) groups is 2. The lowest BCUT2D eigenvalue weighted by molar-refractivity contribution is -0.114. The molecule has 144 valence electrons. The van der Waals surface area contributed by atoms with Crippen molar-refractivity contribution in [3.05, 3.63) is 54.1 Å². The van der Waals surface area contributed by atoms with Gasteiger partial charge in [-0.05, 0) is 36.4 Å². The fourth-order valence-electron chi connectivity index (χ4n) is 2.28. The molecule has 0 radical (unpaired) electrons. The van der Waals surface area contributed by atoms with Crippen LogP contribution in [-0.4, -0.2) is 57.7 Å². The number of ether oxygens (including phenoxy) is 2. The largest absolute Gasteiger partial charge is 0.491 e. The lowest BCUT2D eigenvalue weighted by atomic mass is 10.2. The third-order valence-electron chi connectivity index (χ3n) is 3.67. The van der Waals surface area contributed by atoms with Crippen LogP contribution in [0.25, 0.3) is 0 Å². The van der Waals surface area contributed by atoms with Crippen LogP contribution in [0.15, 0.2) is 48.5 Å². The van der Waals surface area contributed by atoms with E-state index >= 15 is 0 Å². The summed E-state index contributed by atoms with van der Waals surface area (Å²) in [5.74, 6) is 0.420. The van der Waals surface area contributed by atoms with Crippen LogP contribution in [0.1, 0.15) is 10.4 Å². The number of amides is 2. The highest BCUT2D eigenvalue weighted by Crippen LogP contribution is 2.17. The molecule has 2 amide bonds. The first kappa shape index (κ1) is 20.3. The van der Waals surface area contributed by atoms with Crippen LogP contribution in [0.3, 0.4) is 0 Å². The third-order valence-corrected chi connectivity index (χ3v) is 3.67. The second-order valence-electron chi connectivity index (χ2n) is 6.05. The predicted octanol–water partition coefficient (Wildman–Crippen LogP) is 2.46.